The summed E-state index contributed by atoms with van der Waals surface area (Å²) in [7, 11) is 0. The number of nitro groups is 1. The van der Waals surface area contributed by atoms with Gasteiger partial charge in [0.05, 0.1) is 4.92 Å². The molecule has 2 N–H and O–H groups in total. The molecule has 0 aromatic heterocycles. The number of benzene rings is 1. The van der Waals surface area contributed by atoms with E-state index in [9.17, 15) is 10.1 Å². The Bertz CT molecular complexity index is 559. The SMILES string of the molecule is Cc1cc([N+](=O)[O-])c(Cl)cc1NC(=S)NC1CCCCC1. The molecule has 5 nitrogen and oxygen atoms in total. The average molecular weight is 328 g/mol. The van der Waals surface area contributed by atoms with Gasteiger partial charge in [-0.25, -0.2) is 0 Å². The lowest BCUT2D eigenvalue weighted by atomic mass is 9.96. The van der Waals surface area contributed by atoms with Crippen molar-refractivity contribution in [3.8, 4) is 0 Å². The van der Waals surface area contributed by atoms with Gasteiger partial charge in [0, 0.05) is 17.8 Å². The second-order valence-electron chi connectivity index (χ2n) is 5.31. The lowest BCUT2D eigenvalue weighted by Gasteiger charge is -2.24. The molecule has 0 bridgehead atoms. The van der Waals surface area contributed by atoms with E-state index in [0.717, 1.165) is 18.4 Å². The minimum Gasteiger partial charge on any atom is -0.360 e. The van der Waals surface area contributed by atoms with Gasteiger partial charge in [-0.3, -0.25) is 10.1 Å². The summed E-state index contributed by atoms with van der Waals surface area (Å²) in [4.78, 5) is 10.3. The monoisotopic (exact) mass is 327 g/mol. The number of hydrogen-bond acceptors (Lipinski definition) is 3. The molecule has 2 rings (SSSR count). The van der Waals surface area contributed by atoms with Gasteiger partial charge in [0.25, 0.3) is 5.69 Å². The van der Waals surface area contributed by atoms with Crippen molar-refractivity contribution in [2.45, 2.75) is 45.1 Å². The van der Waals surface area contributed by atoms with Gasteiger partial charge in [-0.1, -0.05) is 30.9 Å². The molecule has 7 heteroatoms. The highest BCUT2D eigenvalue weighted by Gasteiger charge is 2.17. The zero-order valence-corrected chi connectivity index (χ0v) is 13.4. The Kier molecular flexibility index (Phi) is 5.36. The van der Waals surface area contributed by atoms with Crippen LogP contribution in [0.3, 0.4) is 0 Å². The topological polar surface area (TPSA) is 67.2 Å². The summed E-state index contributed by atoms with van der Waals surface area (Å²) in [6, 6.07) is 3.41. The molecule has 1 aliphatic carbocycles. The van der Waals surface area contributed by atoms with E-state index in [-0.39, 0.29) is 10.7 Å². The number of rotatable bonds is 3. The second kappa shape index (κ2) is 7.04. The summed E-state index contributed by atoms with van der Waals surface area (Å²) in [6.07, 6.45) is 5.99. The predicted octanol–water partition coefficient (Wildman–Crippen LogP) is 4.18. The molecule has 1 aliphatic rings. The summed E-state index contributed by atoms with van der Waals surface area (Å²) < 4.78 is 0. The number of anilines is 1. The molecule has 1 aromatic carbocycles. The standard InChI is InChI=1S/C14H18ClN3O2S/c1-9-7-13(18(19)20)11(15)8-12(9)17-14(21)16-10-5-3-2-4-6-10/h7-8,10H,2-6H2,1H3,(H2,16,17,21). The lowest BCUT2D eigenvalue weighted by Crippen LogP contribution is -2.38. The zero-order chi connectivity index (χ0) is 15.4. The first-order valence-electron chi connectivity index (χ1n) is 6.99. The largest absolute Gasteiger partial charge is 0.360 e. The highest BCUT2D eigenvalue weighted by molar-refractivity contribution is 7.80. The Balaban J connectivity index is 2.03. The molecule has 0 radical (unpaired) electrons. The van der Waals surface area contributed by atoms with Crippen molar-refractivity contribution in [1.29, 1.82) is 0 Å². The highest BCUT2D eigenvalue weighted by atomic mass is 35.5. The van der Waals surface area contributed by atoms with Crippen LogP contribution in [0.25, 0.3) is 0 Å². The third-order valence-corrected chi connectivity index (χ3v) is 4.20. The van der Waals surface area contributed by atoms with Gasteiger partial charge in [0.15, 0.2) is 5.11 Å². The fourth-order valence-corrected chi connectivity index (χ4v) is 3.04. The Morgan fingerprint density at radius 2 is 2.05 bits per heavy atom. The van der Waals surface area contributed by atoms with Crippen LogP contribution in [-0.2, 0) is 0 Å². The van der Waals surface area contributed by atoms with Gasteiger partial charge < -0.3 is 10.6 Å². The van der Waals surface area contributed by atoms with Crippen LogP contribution in [0.5, 0.6) is 0 Å². The molecule has 0 heterocycles. The first kappa shape index (κ1) is 16.0. The van der Waals surface area contributed by atoms with Crippen LogP contribution in [0.1, 0.15) is 37.7 Å². The van der Waals surface area contributed by atoms with E-state index in [4.69, 9.17) is 23.8 Å². The average Bonchev–Trinajstić information content (AvgIpc) is 2.43. The maximum atomic E-state index is 10.8. The number of hydrogen-bond donors (Lipinski definition) is 2. The fourth-order valence-electron chi connectivity index (χ4n) is 2.53. The van der Waals surface area contributed by atoms with Gasteiger partial charge in [-0.2, -0.15) is 0 Å². The van der Waals surface area contributed by atoms with Crippen molar-refractivity contribution in [3.05, 3.63) is 32.8 Å². The molecule has 1 fully saturated rings. The van der Waals surface area contributed by atoms with Crippen LogP contribution in [0.4, 0.5) is 11.4 Å². The number of thiocarbonyl (C=S) groups is 1. The van der Waals surface area contributed by atoms with E-state index in [1.54, 1.807) is 13.0 Å². The van der Waals surface area contributed by atoms with Crippen LogP contribution in [0.15, 0.2) is 12.1 Å². The normalized spacial score (nSPS) is 15.5. The van der Waals surface area contributed by atoms with Crippen LogP contribution < -0.4 is 10.6 Å². The van der Waals surface area contributed by atoms with Gasteiger partial charge in [0.2, 0.25) is 0 Å². The summed E-state index contributed by atoms with van der Waals surface area (Å²) in [5, 5.41) is 17.8. The summed E-state index contributed by atoms with van der Waals surface area (Å²) in [6.45, 7) is 1.79. The number of nitrogens with zero attached hydrogens (tertiary/aromatic N) is 1. The molecule has 0 amide bonds. The highest BCUT2D eigenvalue weighted by Crippen LogP contribution is 2.30. The Labute approximate surface area is 134 Å². The predicted molar refractivity (Wildman–Crippen MR) is 89.1 cm³/mol. The summed E-state index contributed by atoms with van der Waals surface area (Å²) >= 11 is 11.2. The van der Waals surface area contributed by atoms with Crippen molar-refractivity contribution in [1.82, 2.24) is 5.32 Å². The van der Waals surface area contributed by atoms with Crippen molar-refractivity contribution >= 4 is 40.3 Å². The van der Waals surface area contributed by atoms with Gasteiger partial charge in [0.1, 0.15) is 5.02 Å². The van der Waals surface area contributed by atoms with Crippen LogP contribution in [-0.4, -0.2) is 16.1 Å². The lowest BCUT2D eigenvalue weighted by molar-refractivity contribution is -0.384. The Morgan fingerprint density at radius 3 is 2.67 bits per heavy atom. The fraction of sp³-hybridized carbons (Fsp3) is 0.500. The molecule has 0 saturated heterocycles. The van der Waals surface area contributed by atoms with E-state index >= 15 is 0 Å². The second-order valence-corrected chi connectivity index (χ2v) is 6.12. The van der Waals surface area contributed by atoms with Crippen molar-refractivity contribution in [2.75, 3.05) is 5.32 Å². The van der Waals surface area contributed by atoms with Crippen molar-refractivity contribution < 1.29 is 4.92 Å². The minimum atomic E-state index is -0.488. The summed E-state index contributed by atoms with van der Waals surface area (Å²) in [5.74, 6) is 0. The van der Waals surface area contributed by atoms with Crippen LogP contribution in [0, 0.1) is 17.0 Å². The third-order valence-electron chi connectivity index (χ3n) is 3.68. The Morgan fingerprint density at radius 1 is 1.38 bits per heavy atom. The molecule has 0 spiro atoms. The molecular formula is C14H18ClN3O2S. The van der Waals surface area contributed by atoms with Gasteiger partial charge in [-0.05, 0) is 43.6 Å². The first-order chi connectivity index (χ1) is 9.97. The smallest absolute Gasteiger partial charge is 0.288 e. The first-order valence-corrected chi connectivity index (χ1v) is 7.78. The summed E-state index contributed by atoms with van der Waals surface area (Å²) in [5.41, 5.74) is 1.34. The maximum absolute atomic E-state index is 10.8. The van der Waals surface area contributed by atoms with E-state index in [2.05, 4.69) is 10.6 Å². The van der Waals surface area contributed by atoms with Crippen molar-refractivity contribution in [2.24, 2.45) is 0 Å². The number of aryl methyl sites for hydroxylation is 1. The van der Waals surface area contributed by atoms with E-state index in [1.165, 1.54) is 25.3 Å². The zero-order valence-electron chi connectivity index (χ0n) is 11.8. The molecule has 21 heavy (non-hydrogen) atoms. The molecule has 0 aliphatic heterocycles. The minimum absolute atomic E-state index is 0.0918. The molecule has 114 valence electrons. The molecular weight excluding hydrogens is 310 g/mol. The molecule has 0 atom stereocenters. The third kappa shape index (κ3) is 4.28. The molecule has 1 aromatic rings. The van der Waals surface area contributed by atoms with Gasteiger partial charge >= 0.3 is 0 Å². The van der Waals surface area contributed by atoms with E-state index < -0.39 is 4.92 Å². The Hall–Kier alpha value is -1.40. The number of nitro benzene ring substituents is 1. The van der Waals surface area contributed by atoms with Crippen molar-refractivity contribution in [3.63, 3.8) is 0 Å². The van der Waals surface area contributed by atoms with Crippen LogP contribution in [0.2, 0.25) is 5.02 Å². The van der Waals surface area contributed by atoms with Gasteiger partial charge in [-0.15, -0.1) is 0 Å². The van der Waals surface area contributed by atoms with E-state index in [1.807, 2.05) is 0 Å². The maximum Gasteiger partial charge on any atom is 0.288 e. The number of nitrogens with one attached hydrogen (secondary N) is 2. The van der Waals surface area contributed by atoms with E-state index in [0.29, 0.717) is 16.8 Å². The quantitative estimate of drug-likeness (QED) is 0.495. The molecule has 1 saturated carbocycles. The molecule has 0 unspecified atom stereocenters. The number of halogens is 1. The van der Waals surface area contributed by atoms with Crippen LogP contribution >= 0.6 is 23.8 Å².